The zero-order chi connectivity index (χ0) is 22.3. The highest BCUT2D eigenvalue weighted by Gasteiger charge is 2.39. The van der Waals surface area contributed by atoms with E-state index < -0.39 is 5.60 Å². The van der Waals surface area contributed by atoms with Gasteiger partial charge >= 0.3 is 0 Å². The predicted molar refractivity (Wildman–Crippen MR) is 115 cm³/mol. The van der Waals surface area contributed by atoms with E-state index in [4.69, 9.17) is 4.74 Å². The number of carbonyl (C=O) groups excluding carboxylic acids is 1. The largest absolute Gasteiger partial charge is 0.508 e. The first-order valence-corrected chi connectivity index (χ1v) is 10.0. The van der Waals surface area contributed by atoms with Gasteiger partial charge in [-0.2, -0.15) is 0 Å². The highest BCUT2D eigenvalue weighted by atomic mass is 16.5. The zero-order valence-corrected chi connectivity index (χ0v) is 17.3. The van der Waals surface area contributed by atoms with Crippen molar-refractivity contribution in [3.63, 3.8) is 0 Å². The summed E-state index contributed by atoms with van der Waals surface area (Å²) in [5.74, 6) is -0.677. The molecule has 6 heteroatoms. The number of fused-ring (bicyclic) bond motifs is 1. The van der Waals surface area contributed by atoms with Gasteiger partial charge in [0.2, 0.25) is 0 Å². The summed E-state index contributed by atoms with van der Waals surface area (Å²) < 4.78 is 6.05. The van der Waals surface area contributed by atoms with Crippen LogP contribution in [-0.2, 0) is 12.8 Å². The summed E-state index contributed by atoms with van der Waals surface area (Å²) in [6.07, 6.45) is 0.185. The van der Waals surface area contributed by atoms with Crippen LogP contribution >= 0.6 is 0 Å². The second-order valence-corrected chi connectivity index (χ2v) is 8.43. The van der Waals surface area contributed by atoms with Crippen LogP contribution in [0.5, 0.6) is 28.7 Å². The van der Waals surface area contributed by atoms with E-state index in [1.807, 2.05) is 0 Å². The van der Waals surface area contributed by atoms with Crippen molar-refractivity contribution in [2.45, 2.75) is 38.7 Å². The molecule has 0 saturated heterocycles. The average Bonchev–Trinajstić information content (AvgIpc) is 2.69. The number of para-hydroxylation sites is 2. The third-order valence-corrected chi connectivity index (χ3v) is 5.56. The molecule has 160 valence electrons. The number of hydrogen-bond donors (Lipinski definition) is 4. The number of rotatable bonds is 4. The Bertz CT molecular complexity index is 1180. The van der Waals surface area contributed by atoms with Crippen molar-refractivity contribution in [1.29, 1.82) is 0 Å². The summed E-state index contributed by atoms with van der Waals surface area (Å²) in [5.41, 5.74) is 0.677. The number of Topliss-reactive ketones (excluding diaryl/α,β-unsaturated/α-hetero) is 1. The van der Waals surface area contributed by atoms with Gasteiger partial charge in [-0.3, -0.25) is 4.79 Å². The Balaban J connectivity index is 1.93. The topological polar surface area (TPSA) is 107 Å². The van der Waals surface area contributed by atoms with Crippen molar-refractivity contribution in [3.8, 4) is 28.7 Å². The Morgan fingerprint density at radius 1 is 0.806 bits per heavy atom. The molecule has 0 bridgehead atoms. The normalized spacial score (nSPS) is 14.7. The van der Waals surface area contributed by atoms with Crippen molar-refractivity contribution in [3.05, 3.63) is 76.3 Å². The maximum absolute atomic E-state index is 13.0. The fraction of sp³-hybridized carbons (Fsp3) is 0.240. The molecule has 1 heterocycles. The quantitative estimate of drug-likeness (QED) is 0.497. The van der Waals surface area contributed by atoms with Gasteiger partial charge in [0.05, 0.1) is 6.42 Å². The fourth-order valence-corrected chi connectivity index (χ4v) is 4.00. The number of phenols is 4. The van der Waals surface area contributed by atoms with Crippen LogP contribution in [0.4, 0.5) is 0 Å². The third kappa shape index (κ3) is 3.77. The maximum atomic E-state index is 13.0. The summed E-state index contributed by atoms with van der Waals surface area (Å²) in [7, 11) is 0. The van der Waals surface area contributed by atoms with E-state index in [9.17, 15) is 25.2 Å². The lowest BCUT2D eigenvalue weighted by atomic mass is 9.86. The fourth-order valence-electron chi connectivity index (χ4n) is 4.00. The first-order valence-electron chi connectivity index (χ1n) is 10.0. The maximum Gasteiger partial charge on any atom is 0.174 e. The van der Waals surface area contributed by atoms with Gasteiger partial charge in [-0.15, -0.1) is 0 Å². The molecule has 4 N–H and O–H groups in total. The molecule has 4 rings (SSSR count). The van der Waals surface area contributed by atoms with Crippen molar-refractivity contribution in [2.75, 3.05) is 0 Å². The van der Waals surface area contributed by atoms with Crippen LogP contribution in [-0.4, -0.2) is 31.8 Å². The third-order valence-electron chi connectivity index (χ3n) is 5.56. The van der Waals surface area contributed by atoms with Crippen molar-refractivity contribution < 1.29 is 30.0 Å². The summed E-state index contributed by atoms with van der Waals surface area (Å²) in [6, 6.07) is 13.3. The molecule has 1 aliphatic heterocycles. The van der Waals surface area contributed by atoms with Crippen LogP contribution in [0.25, 0.3) is 0 Å². The van der Waals surface area contributed by atoms with Gasteiger partial charge in [0.25, 0.3) is 0 Å². The van der Waals surface area contributed by atoms with Crippen LogP contribution < -0.4 is 4.74 Å². The number of benzene rings is 3. The minimum absolute atomic E-state index is 0.0159. The Morgan fingerprint density at radius 2 is 1.32 bits per heavy atom. The van der Waals surface area contributed by atoms with E-state index in [0.29, 0.717) is 16.7 Å². The molecule has 0 saturated carbocycles. The number of hydrogen-bond acceptors (Lipinski definition) is 6. The van der Waals surface area contributed by atoms with E-state index >= 15 is 0 Å². The first-order chi connectivity index (χ1) is 14.7. The predicted octanol–water partition coefficient (Wildman–Crippen LogP) is 4.43. The second kappa shape index (κ2) is 7.54. The summed E-state index contributed by atoms with van der Waals surface area (Å²) in [6.45, 7) is 3.53. The molecule has 6 nitrogen and oxygen atoms in total. The van der Waals surface area contributed by atoms with Crippen molar-refractivity contribution in [1.82, 2.24) is 0 Å². The molecule has 0 spiro atoms. The van der Waals surface area contributed by atoms with E-state index in [1.54, 1.807) is 50.2 Å². The Morgan fingerprint density at radius 3 is 1.87 bits per heavy atom. The van der Waals surface area contributed by atoms with Gasteiger partial charge in [0.15, 0.2) is 5.78 Å². The highest BCUT2D eigenvalue weighted by molar-refractivity contribution is 6.04. The van der Waals surface area contributed by atoms with Gasteiger partial charge in [0.1, 0.15) is 39.9 Å². The van der Waals surface area contributed by atoms with Crippen LogP contribution in [0.2, 0.25) is 0 Å². The van der Waals surface area contributed by atoms with Crippen LogP contribution in [0.1, 0.15) is 52.9 Å². The Kier molecular flexibility index (Phi) is 5.01. The van der Waals surface area contributed by atoms with Crippen molar-refractivity contribution >= 4 is 5.78 Å². The number of ketones is 1. The molecule has 0 unspecified atom stereocenters. The lowest BCUT2D eigenvalue weighted by Crippen LogP contribution is -2.36. The lowest BCUT2D eigenvalue weighted by Gasteiger charge is -2.34. The average molecular weight is 420 g/mol. The standard InChI is InChI=1S/C25H24O6/c1-25(2)13-20(28)21-23(30)16(11-14-7-3-5-9-18(14)26)22(29)17(24(21)31-25)12-15-8-4-6-10-19(15)27/h3-10,26-27,29-30H,11-13H2,1-2H3. The number of ether oxygens (including phenoxy) is 1. The van der Waals surface area contributed by atoms with Crippen LogP contribution in [0, 0.1) is 0 Å². The van der Waals surface area contributed by atoms with E-state index in [2.05, 4.69) is 0 Å². The molecular formula is C25H24O6. The number of aromatic hydroxyl groups is 4. The first kappa shape index (κ1) is 20.6. The molecule has 0 aliphatic carbocycles. The summed E-state index contributed by atoms with van der Waals surface area (Å²) in [5, 5.41) is 42.5. The smallest absolute Gasteiger partial charge is 0.174 e. The van der Waals surface area contributed by atoms with Crippen LogP contribution in [0.3, 0.4) is 0 Å². The number of carbonyl (C=O) groups is 1. The minimum Gasteiger partial charge on any atom is -0.508 e. The minimum atomic E-state index is -0.810. The second-order valence-electron chi connectivity index (χ2n) is 8.43. The van der Waals surface area contributed by atoms with Gasteiger partial charge in [-0.1, -0.05) is 36.4 Å². The highest BCUT2D eigenvalue weighted by Crippen LogP contribution is 2.49. The number of phenolic OH excluding ortho intramolecular Hbond substituents is 4. The molecule has 31 heavy (non-hydrogen) atoms. The SMILES string of the molecule is CC1(C)CC(=O)c2c(O)c(Cc3ccccc3O)c(O)c(Cc3ccccc3O)c2O1. The van der Waals surface area contributed by atoms with Gasteiger partial charge < -0.3 is 25.2 Å². The van der Waals surface area contributed by atoms with E-state index in [1.165, 1.54) is 12.1 Å². The van der Waals surface area contributed by atoms with Crippen LogP contribution in [0.15, 0.2) is 48.5 Å². The molecule has 0 radical (unpaired) electrons. The molecular weight excluding hydrogens is 396 g/mol. The van der Waals surface area contributed by atoms with E-state index in [0.717, 1.165) is 0 Å². The molecule has 3 aromatic rings. The van der Waals surface area contributed by atoms with Crippen molar-refractivity contribution in [2.24, 2.45) is 0 Å². The van der Waals surface area contributed by atoms with E-state index in [-0.39, 0.29) is 64.9 Å². The Labute approximate surface area is 180 Å². The van der Waals surface area contributed by atoms with Gasteiger partial charge in [-0.05, 0) is 37.1 Å². The molecule has 3 aromatic carbocycles. The van der Waals surface area contributed by atoms with Gasteiger partial charge in [0, 0.05) is 24.0 Å². The molecule has 0 amide bonds. The lowest BCUT2D eigenvalue weighted by molar-refractivity contribution is 0.0606. The summed E-state index contributed by atoms with van der Waals surface area (Å²) in [4.78, 5) is 13.0. The van der Waals surface area contributed by atoms with Gasteiger partial charge in [-0.25, -0.2) is 0 Å². The zero-order valence-electron chi connectivity index (χ0n) is 17.3. The summed E-state index contributed by atoms with van der Waals surface area (Å²) >= 11 is 0. The molecule has 0 atom stereocenters. The molecule has 1 aliphatic rings. The molecule has 0 fully saturated rings. The Hall–Kier alpha value is -3.67. The monoisotopic (exact) mass is 420 g/mol. The molecule has 0 aromatic heterocycles.